The van der Waals surface area contributed by atoms with Crippen molar-refractivity contribution in [3.63, 3.8) is 0 Å². The van der Waals surface area contributed by atoms with E-state index in [2.05, 4.69) is 10.3 Å². The predicted molar refractivity (Wildman–Crippen MR) is 123 cm³/mol. The maximum atomic E-state index is 13.2. The summed E-state index contributed by atoms with van der Waals surface area (Å²) in [5.41, 5.74) is 3.30. The van der Waals surface area contributed by atoms with Crippen LogP contribution in [0.15, 0.2) is 89.9 Å². The molecule has 0 bridgehead atoms. The third-order valence-electron chi connectivity index (χ3n) is 4.60. The van der Waals surface area contributed by atoms with Gasteiger partial charge in [-0.05, 0) is 48.9 Å². The molecule has 1 heterocycles. The van der Waals surface area contributed by atoms with E-state index < -0.39 is 5.25 Å². The van der Waals surface area contributed by atoms with Crippen LogP contribution in [0.25, 0.3) is 0 Å². The van der Waals surface area contributed by atoms with E-state index in [1.807, 2.05) is 91.9 Å². The van der Waals surface area contributed by atoms with Crippen LogP contribution in [-0.2, 0) is 9.59 Å². The lowest BCUT2D eigenvalue weighted by atomic mass is 10.2. The number of amidine groups is 1. The topological polar surface area (TPSA) is 61.8 Å². The summed E-state index contributed by atoms with van der Waals surface area (Å²) < 4.78 is 0. The van der Waals surface area contributed by atoms with Crippen molar-refractivity contribution in [1.29, 1.82) is 0 Å². The van der Waals surface area contributed by atoms with E-state index in [1.54, 1.807) is 4.90 Å². The number of carbonyl (C=O) groups is 2. The Morgan fingerprint density at radius 2 is 1.70 bits per heavy atom. The van der Waals surface area contributed by atoms with E-state index in [0.717, 1.165) is 22.6 Å². The molecule has 30 heavy (non-hydrogen) atoms. The number of aliphatic imine (C=N–C) groups is 1. The number of thioether (sulfide) groups is 1. The van der Waals surface area contributed by atoms with E-state index in [1.165, 1.54) is 11.8 Å². The summed E-state index contributed by atoms with van der Waals surface area (Å²) in [6, 6.07) is 26.5. The van der Waals surface area contributed by atoms with Gasteiger partial charge in [0.1, 0.15) is 5.25 Å². The first-order valence-electron chi connectivity index (χ1n) is 9.66. The van der Waals surface area contributed by atoms with Gasteiger partial charge in [-0.15, -0.1) is 0 Å². The summed E-state index contributed by atoms with van der Waals surface area (Å²) in [5.74, 6) is -0.333. The molecule has 6 heteroatoms. The number of nitrogens with one attached hydrogen (secondary N) is 1. The predicted octanol–water partition coefficient (Wildman–Crippen LogP) is 5.16. The van der Waals surface area contributed by atoms with Crippen LogP contribution < -0.4 is 10.2 Å². The second-order valence-electron chi connectivity index (χ2n) is 6.97. The first kappa shape index (κ1) is 19.9. The molecule has 1 aliphatic heterocycles. The van der Waals surface area contributed by atoms with Gasteiger partial charge in [0, 0.05) is 12.1 Å². The molecule has 0 aromatic heterocycles. The molecule has 1 unspecified atom stereocenters. The highest BCUT2D eigenvalue weighted by atomic mass is 32.2. The van der Waals surface area contributed by atoms with Crippen LogP contribution in [0.4, 0.5) is 17.1 Å². The van der Waals surface area contributed by atoms with Crippen molar-refractivity contribution in [2.45, 2.75) is 18.6 Å². The van der Waals surface area contributed by atoms with Gasteiger partial charge >= 0.3 is 0 Å². The van der Waals surface area contributed by atoms with Crippen LogP contribution in [0.2, 0.25) is 0 Å². The largest absolute Gasteiger partial charge is 0.326 e. The van der Waals surface area contributed by atoms with Crippen molar-refractivity contribution >= 4 is 45.8 Å². The molecule has 0 aliphatic carbocycles. The van der Waals surface area contributed by atoms with Crippen molar-refractivity contribution in [3.8, 4) is 0 Å². The van der Waals surface area contributed by atoms with Crippen LogP contribution in [0, 0.1) is 6.92 Å². The Hall–Kier alpha value is -3.38. The third-order valence-corrected chi connectivity index (χ3v) is 5.74. The Labute approximate surface area is 179 Å². The Morgan fingerprint density at radius 1 is 1.00 bits per heavy atom. The zero-order valence-corrected chi connectivity index (χ0v) is 17.3. The van der Waals surface area contributed by atoms with Gasteiger partial charge in [-0.3, -0.25) is 14.5 Å². The van der Waals surface area contributed by atoms with Crippen molar-refractivity contribution in [2.75, 3.05) is 10.2 Å². The van der Waals surface area contributed by atoms with E-state index in [0.29, 0.717) is 5.17 Å². The van der Waals surface area contributed by atoms with Gasteiger partial charge in [-0.1, -0.05) is 60.3 Å². The monoisotopic (exact) mass is 415 g/mol. The smallest absolute Gasteiger partial charge is 0.247 e. The minimum absolute atomic E-state index is 0.0780. The minimum Gasteiger partial charge on any atom is -0.326 e. The maximum absolute atomic E-state index is 13.2. The molecule has 3 aromatic carbocycles. The first-order chi connectivity index (χ1) is 14.6. The normalized spacial score (nSPS) is 17.4. The van der Waals surface area contributed by atoms with Gasteiger partial charge in [0.2, 0.25) is 11.8 Å². The minimum atomic E-state index is -0.530. The molecular formula is C24H21N3O2S. The number of benzene rings is 3. The number of amides is 2. The van der Waals surface area contributed by atoms with Crippen molar-refractivity contribution in [3.05, 3.63) is 90.5 Å². The lowest BCUT2D eigenvalue weighted by Gasteiger charge is -2.16. The number of para-hydroxylation sites is 2. The fourth-order valence-electron chi connectivity index (χ4n) is 3.20. The van der Waals surface area contributed by atoms with Crippen LogP contribution in [0.5, 0.6) is 0 Å². The summed E-state index contributed by atoms with van der Waals surface area (Å²) in [5, 5.41) is 2.93. The number of aryl methyl sites for hydroxylation is 1. The number of hydrogen-bond donors (Lipinski definition) is 1. The quantitative estimate of drug-likeness (QED) is 0.626. The summed E-state index contributed by atoms with van der Waals surface area (Å²) in [4.78, 5) is 32.1. The third kappa shape index (κ3) is 4.60. The van der Waals surface area contributed by atoms with Gasteiger partial charge in [-0.25, -0.2) is 4.99 Å². The molecular weight excluding hydrogens is 394 g/mol. The average Bonchev–Trinajstić information content (AvgIpc) is 3.04. The maximum Gasteiger partial charge on any atom is 0.247 e. The molecule has 0 spiro atoms. The zero-order chi connectivity index (χ0) is 20.9. The van der Waals surface area contributed by atoms with Crippen LogP contribution in [0.1, 0.15) is 12.0 Å². The molecule has 1 saturated heterocycles. The standard InChI is InChI=1S/C24H21N3O2S/c1-17-9-8-12-19(15-17)25-22(28)16-21-23(29)27(20-13-6-3-7-14-20)24(30-21)26-18-10-4-2-5-11-18/h2-15,21H,16H2,1H3,(H,25,28). The molecule has 0 radical (unpaired) electrons. The Bertz CT molecular complexity index is 1080. The number of nitrogens with zero attached hydrogens (tertiary/aromatic N) is 2. The summed E-state index contributed by atoms with van der Waals surface area (Å²) in [6.45, 7) is 1.97. The molecule has 150 valence electrons. The molecule has 3 aromatic rings. The highest BCUT2D eigenvalue weighted by Gasteiger charge is 2.40. The lowest BCUT2D eigenvalue weighted by Crippen LogP contribution is -2.33. The molecule has 2 amide bonds. The van der Waals surface area contributed by atoms with Crippen molar-refractivity contribution in [2.24, 2.45) is 4.99 Å². The molecule has 5 nitrogen and oxygen atoms in total. The number of anilines is 2. The van der Waals surface area contributed by atoms with Gasteiger partial charge in [0.05, 0.1) is 11.4 Å². The fraction of sp³-hybridized carbons (Fsp3) is 0.125. The summed E-state index contributed by atoms with van der Waals surface area (Å²) in [6.07, 6.45) is 0.0780. The molecule has 4 rings (SSSR count). The zero-order valence-electron chi connectivity index (χ0n) is 16.5. The van der Waals surface area contributed by atoms with E-state index >= 15 is 0 Å². The molecule has 0 saturated carbocycles. The molecule has 1 aliphatic rings. The van der Waals surface area contributed by atoms with E-state index in [4.69, 9.17) is 0 Å². The molecule has 1 fully saturated rings. The Kier molecular flexibility index (Phi) is 5.95. The Balaban J connectivity index is 1.56. The SMILES string of the molecule is Cc1cccc(NC(=O)CC2SC(=Nc3ccccc3)N(c3ccccc3)C2=O)c1. The Morgan fingerprint density at radius 3 is 2.40 bits per heavy atom. The van der Waals surface area contributed by atoms with E-state index in [9.17, 15) is 9.59 Å². The molecule has 1 atom stereocenters. The van der Waals surface area contributed by atoms with Gasteiger partial charge in [0.15, 0.2) is 5.17 Å². The second kappa shape index (κ2) is 8.97. The van der Waals surface area contributed by atoms with Crippen LogP contribution in [-0.4, -0.2) is 22.2 Å². The van der Waals surface area contributed by atoms with Crippen LogP contribution >= 0.6 is 11.8 Å². The first-order valence-corrected chi connectivity index (χ1v) is 10.5. The van der Waals surface area contributed by atoms with Gasteiger partial charge in [-0.2, -0.15) is 0 Å². The fourth-order valence-corrected chi connectivity index (χ4v) is 4.36. The van der Waals surface area contributed by atoms with Gasteiger partial charge < -0.3 is 5.32 Å². The average molecular weight is 416 g/mol. The molecule has 1 N–H and O–H groups in total. The second-order valence-corrected chi connectivity index (χ2v) is 8.14. The number of rotatable bonds is 5. The summed E-state index contributed by atoms with van der Waals surface area (Å²) >= 11 is 1.32. The highest BCUT2D eigenvalue weighted by molar-refractivity contribution is 8.16. The highest BCUT2D eigenvalue weighted by Crippen LogP contribution is 2.35. The van der Waals surface area contributed by atoms with E-state index in [-0.39, 0.29) is 18.2 Å². The summed E-state index contributed by atoms with van der Waals surface area (Å²) in [7, 11) is 0. The van der Waals surface area contributed by atoms with Crippen LogP contribution in [0.3, 0.4) is 0 Å². The van der Waals surface area contributed by atoms with Crippen molar-refractivity contribution < 1.29 is 9.59 Å². The number of hydrogen-bond acceptors (Lipinski definition) is 4. The van der Waals surface area contributed by atoms with Crippen molar-refractivity contribution in [1.82, 2.24) is 0 Å². The van der Waals surface area contributed by atoms with Gasteiger partial charge in [0.25, 0.3) is 0 Å². The number of carbonyl (C=O) groups excluding carboxylic acids is 2. The lowest BCUT2D eigenvalue weighted by molar-refractivity contribution is -0.121.